The normalized spacial score (nSPS) is 11.4. The Kier molecular flexibility index (Phi) is 5.04. The lowest BCUT2D eigenvalue weighted by molar-refractivity contribution is -0.139. The van der Waals surface area contributed by atoms with E-state index >= 15 is 0 Å². The number of fused-ring (bicyclic) bond motifs is 3. The predicted octanol–water partition coefficient (Wildman–Crippen LogP) is 3.69. The molecule has 0 radical (unpaired) electrons. The first-order valence-electron chi connectivity index (χ1n) is 10.2. The van der Waals surface area contributed by atoms with Gasteiger partial charge in [0.15, 0.2) is 16.8 Å². The smallest absolute Gasteiger partial charge is 0.311 e. The van der Waals surface area contributed by atoms with Crippen LogP contribution in [0, 0.1) is 11.6 Å². The second-order valence-electron chi connectivity index (χ2n) is 7.38. The molecule has 8 nitrogen and oxygen atoms in total. The minimum atomic E-state index is -0.482. The largest absolute Gasteiger partial charge is 0.469 e. The average molecular weight is 448 g/mol. The van der Waals surface area contributed by atoms with Crippen molar-refractivity contribution in [3.8, 4) is 16.8 Å². The van der Waals surface area contributed by atoms with E-state index in [1.807, 2.05) is 6.92 Å². The van der Waals surface area contributed by atoms with Crippen molar-refractivity contribution in [2.45, 2.75) is 19.8 Å². The molecule has 0 aliphatic rings. The van der Waals surface area contributed by atoms with Crippen LogP contribution in [0.15, 0.2) is 48.5 Å². The summed E-state index contributed by atoms with van der Waals surface area (Å²) in [7, 11) is 1.29. The quantitative estimate of drug-likeness (QED) is 0.381. The summed E-state index contributed by atoms with van der Waals surface area (Å²) in [5.41, 5.74) is 4.43. The van der Waals surface area contributed by atoms with E-state index in [9.17, 15) is 13.6 Å². The van der Waals surface area contributed by atoms with Gasteiger partial charge < -0.3 is 4.74 Å². The van der Waals surface area contributed by atoms with Gasteiger partial charge in [0, 0.05) is 0 Å². The molecule has 0 saturated heterocycles. The van der Waals surface area contributed by atoms with Gasteiger partial charge in [-0.3, -0.25) is 4.79 Å². The molecule has 0 aliphatic carbocycles. The van der Waals surface area contributed by atoms with Gasteiger partial charge in [0.05, 0.1) is 30.5 Å². The number of aryl methyl sites for hydroxylation is 1. The van der Waals surface area contributed by atoms with Gasteiger partial charge in [-0.2, -0.15) is 14.7 Å². The molecule has 0 bridgehead atoms. The number of carbonyl (C=O) groups is 1. The van der Waals surface area contributed by atoms with Crippen molar-refractivity contribution in [3.63, 3.8) is 0 Å². The Balaban J connectivity index is 1.83. The average Bonchev–Trinajstić information content (AvgIpc) is 3.38. The molecular weight excluding hydrogens is 430 g/mol. The highest BCUT2D eigenvalue weighted by Crippen LogP contribution is 2.31. The van der Waals surface area contributed by atoms with E-state index in [0.717, 1.165) is 16.8 Å². The number of methoxy groups -OCH3 is 1. The van der Waals surface area contributed by atoms with Crippen molar-refractivity contribution in [2.75, 3.05) is 7.11 Å². The highest BCUT2D eigenvalue weighted by Gasteiger charge is 2.24. The summed E-state index contributed by atoms with van der Waals surface area (Å²) in [6.07, 6.45) is 0.478. The lowest BCUT2D eigenvalue weighted by Gasteiger charge is -2.04. The van der Waals surface area contributed by atoms with Gasteiger partial charge in [-0.25, -0.2) is 13.5 Å². The first-order chi connectivity index (χ1) is 16.0. The minimum absolute atomic E-state index is 0.117. The molecule has 166 valence electrons. The number of ether oxygens (including phenoxy) is 1. The van der Waals surface area contributed by atoms with E-state index in [1.165, 1.54) is 31.4 Å². The first-order valence-corrected chi connectivity index (χ1v) is 10.2. The molecular formula is C23H18F2N6O2. The predicted molar refractivity (Wildman–Crippen MR) is 116 cm³/mol. The van der Waals surface area contributed by atoms with Gasteiger partial charge >= 0.3 is 5.97 Å². The maximum atomic E-state index is 13.6. The Hall–Kier alpha value is -4.21. The van der Waals surface area contributed by atoms with E-state index in [1.54, 1.807) is 33.5 Å². The number of aromatic nitrogens is 6. The molecule has 3 aromatic heterocycles. The number of hydrogen-bond donors (Lipinski definition) is 0. The van der Waals surface area contributed by atoms with E-state index < -0.39 is 5.97 Å². The summed E-state index contributed by atoms with van der Waals surface area (Å²) in [4.78, 5) is 12.0. The molecule has 5 rings (SSSR count). The van der Waals surface area contributed by atoms with Crippen LogP contribution in [0.1, 0.15) is 18.3 Å². The summed E-state index contributed by atoms with van der Waals surface area (Å²) in [5.74, 6) is -1.21. The second kappa shape index (κ2) is 8.05. The number of carbonyl (C=O) groups excluding carboxylic acids is 1. The van der Waals surface area contributed by atoms with Crippen LogP contribution >= 0.6 is 0 Å². The Morgan fingerprint density at radius 2 is 1.61 bits per heavy atom. The maximum absolute atomic E-state index is 13.6. The van der Waals surface area contributed by atoms with E-state index in [0.29, 0.717) is 34.6 Å². The third-order valence-corrected chi connectivity index (χ3v) is 5.36. The summed E-state index contributed by atoms with van der Waals surface area (Å²) in [6.45, 7) is 1.96. The first kappa shape index (κ1) is 20.7. The molecule has 0 N–H and O–H groups in total. The molecule has 10 heteroatoms. The second-order valence-corrected chi connectivity index (χ2v) is 7.38. The molecule has 5 aromatic rings. The molecule has 0 amide bonds. The van der Waals surface area contributed by atoms with Gasteiger partial charge in [-0.1, -0.05) is 19.1 Å². The Bertz CT molecular complexity index is 1490. The Morgan fingerprint density at radius 3 is 2.24 bits per heavy atom. The fourth-order valence-corrected chi connectivity index (χ4v) is 3.78. The summed E-state index contributed by atoms with van der Waals surface area (Å²) >= 11 is 0. The van der Waals surface area contributed by atoms with Crippen molar-refractivity contribution in [2.24, 2.45) is 0 Å². The van der Waals surface area contributed by atoms with Gasteiger partial charge in [0.25, 0.3) is 0 Å². The number of benzene rings is 2. The molecule has 3 heterocycles. The molecule has 0 spiro atoms. The number of nitrogens with zero attached hydrogens (tertiary/aromatic N) is 6. The topological polar surface area (TPSA) is 87.2 Å². The fraction of sp³-hybridized carbons (Fsp3) is 0.174. The van der Waals surface area contributed by atoms with Crippen LogP contribution < -0.4 is 0 Å². The van der Waals surface area contributed by atoms with Crippen LogP contribution in [0.25, 0.3) is 33.6 Å². The Morgan fingerprint density at radius 1 is 0.939 bits per heavy atom. The van der Waals surface area contributed by atoms with Crippen LogP contribution in [-0.4, -0.2) is 42.7 Å². The van der Waals surface area contributed by atoms with Crippen LogP contribution in [0.2, 0.25) is 0 Å². The molecule has 0 fully saturated rings. The standard InChI is InChI=1S/C23H18F2N6O2/c1-3-17-20(13-4-6-14(24)7-5-13)22-27-26-21-18(12-19(32)33-2)29-30(23(21)31(22)28-17)16-10-8-15(25)9-11-16/h4-11H,3,12H2,1-2H3. The molecule has 0 atom stereocenters. The SMILES string of the molecule is CCc1nn2c(nnc3c(CC(=O)OC)nn(-c4ccc(F)cc4)c32)c1-c1ccc(F)cc1. The number of rotatable bonds is 5. The van der Waals surface area contributed by atoms with Gasteiger partial charge in [0.2, 0.25) is 0 Å². The molecule has 0 unspecified atom stereocenters. The number of halogens is 2. The zero-order chi connectivity index (χ0) is 23.1. The summed E-state index contributed by atoms with van der Waals surface area (Å²) in [6, 6.07) is 11.9. The molecule has 2 aromatic carbocycles. The molecule has 0 aliphatic heterocycles. The van der Waals surface area contributed by atoms with Crippen molar-refractivity contribution >= 4 is 22.8 Å². The fourth-order valence-electron chi connectivity index (χ4n) is 3.78. The van der Waals surface area contributed by atoms with Crippen molar-refractivity contribution in [1.82, 2.24) is 29.6 Å². The highest BCUT2D eigenvalue weighted by atomic mass is 19.1. The van der Waals surface area contributed by atoms with Crippen LogP contribution in [0.4, 0.5) is 8.78 Å². The van der Waals surface area contributed by atoms with Gasteiger partial charge in [-0.05, 0) is 48.4 Å². The summed E-state index contributed by atoms with van der Waals surface area (Å²) < 4.78 is 35.0. The van der Waals surface area contributed by atoms with Crippen LogP contribution in [0.3, 0.4) is 0 Å². The Labute approximate surface area is 186 Å². The van der Waals surface area contributed by atoms with Crippen molar-refractivity contribution in [1.29, 1.82) is 0 Å². The van der Waals surface area contributed by atoms with Gasteiger partial charge in [0.1, 0.15) is 17.3 Å². The van der Waals surface area contributed by atoms with Crippen molar-refractivity contribution < 1.29 is 18.3 Å². The van der Waals surface area contributed by atoms with Crippen LogP contribution in [0.5, 0.6) is 0 Å². The lowest BCUT2D eigenvalue weighted by Crippen LogP contribution is -2.06. The maximum Gasteiger partial charge on any atom is 0.311 e. The highest BCUT2D eigenvalue weighted by molar-refractivity contribution is 5.87. The number of hydrogen-bond acceptors (Lipinski definition) is 6. The zero-order valence-electron chi connectivity index (χ0n) is 17.8. The van der Waals surface area contributed by atoms with E-state index in [-0.39, 0.29) is 18.1 Å². The van der Waals surface area contributed by atoms with E-state index in [4.69, 9.17) is 9.84 Å². The van der Waals surface area contributed by atoms with Gasteiger partial charge in [-0.15, -0.1) is 10.2 Å². The monoisotopic (exact) mass is 448 g/mol. The van der Waals surface area contributed by atoms with E-state index in [2.05, 4.69) is 15.3 Å². The minimum Gasteiger partial charge on any atom is -0.469 e. The molecule has 33 heavy (non-hydrogen) atoms. The van der Waals surface area contributed by atoms with Crippen molar-refractivity contribution in [3.05, 3.63) is 71.6 Å². The third kappa shape index (κ3) is 3.49. The zero-order valence-corrected chi connectivity index (χ0v) is 17.8. The third-order valence-electron chi connectivity index (χ3n) is 5.36. The van der Waals surface area contributed by atoms with Crippen LogP contribution in [-0.2, 0) is 22.4 Å². The molecule has 0 saturated carbocycles. The number of esters is 1. The summed E-state index contributed by atoms with van der Waals surface area (Å²) in [5, 5.41) is 18.0. The lowest BCUT2D eigenvalue weighted by atomic mass is 10.0.